The van der Waals surface area contributed by atoms with E-state index in [4.69, 9.17) is 4.74 Å². The third-order valence-corrected chi connectivity index (χ3v) is 4.12. The quantitative estimate of drug-likeness (QED) is 0.671. The molecule has 3 rings (SSSR count). The maximum atomic E-state index is 12.7. The molecule has 0 aliphatic rings. The molecular formula is C20H20N2O3. The number of carbonyl (C=O) groups is 1. The van der Waals surface area contributed by atoms with Crippen LogP contribution in [0.2, 0.25) is 0 Å². The van der Waals surface area contributed by atoms with Gasteiger partial charge in [0.15, 0.2) is 0 Å². The lowest BCUT2D eigenvalue weighted by molar-refractivity contribution is 0.0525. The monoisotopic (exact) mass is 336 g/mol. The zero-order valence-corrected chi connectivity index (χ0v) is 14.4. The number of aromatic nitrogens is 2. The van der Waals surface area contributed by atoms with E-state index in [0.29, 0.717) is 41.9 Å². The zero-order valence-electron chi connectivity index (χ0n) is 14.4. The van der Waals surface area contributed by atoms with Crippen molar-refractivity contribution in [3.63, 3.8) is 0 Å². The average molecular weight is 336 g/mol. The second-order valence-corrected chi connectivity index (χ2v) is 5.65. The number of benzene rings is 2. The van der Waals surface area contributed by atoms with Crippen LogP contribution in [0.3, 0.4) is 0 Å². The van der Waals surface area contributed by atoms with Crippen molar-refractivity contribution in [3.05, 3.63) is 75.8 Å². The van der Waals surface area contributed by atoms with Crippen molar-refractivity contribution >= 4 is 16.9 Å². The predicted molar refractivity (Wildman–Crippen MR) is 96.9 cm³/mol. The van der Waals surface area contributed by atoms with E-state index in [1.165, 1.54) is 0 Å². The molecule has 0 aliphatic heterocycles. The van der Waals surface area contributed by atoms with Gasteiger partial charge in [0.05, 0.1) is 23.1 Å². The number of fused-ring (bicyclic) bond motifs is 1. The Bertz CT molecular complexity index is 976. The Kier molecular flexibility index (Phi) is 4.93. The van der Waals surface area contributed by atoms with Gasteiger partial charge in [-0.25, -0.2) is 9.78 Å². The van der Waals surface area contributed by atoms with Crippen LogP contribution in [0.5, 0.6) is 0 Å². The molecule has 3 aromatic rings. The molecule has 2 aromatic carbocycles. The number of hydrogen-bond acceptors (Lipinski definition) is 4. The average Bonchev–Trinajstić information content (AvgIpc) is 2.63. The van der Waals surface area contributed by atoms with E-state index in [2.05, 4.69) is 4.98 Å². The molecule has 0 N–H and O–H groups in total. The minimum Gasteiger partial charge on any atom is -0.462 e. The first-order chi connectivity index (χ1) is 12.2. The lowest BCUT2D eigenvalue weighted by Crippen LogP contribution is -2.25. The van der Waals surface area contributed by atoms with Gasteiger partial charge < -0.3 is 4.74 Å². The van der Waals surface area contributed by atoms with E-state index in [0.717, 1.165) is 5.56 Å². The van der Waals surface area contributed by atoms with Crippen molar-refractivity contribution in [3.8, 4) is 0 Å². The predicted octanol–water partition coefficient (Wildman–Crippen LogP) is 3.18. The highest BCUT2D eigenvalue weighted by Gasteiger charge is 2.15. The lowest BCUT2D eigenvalue weighted by atomic mass is 10.0. The summed E-state index contributed by atoms with van der Waals surface area (Å²) in [4.78, 5) is 29.6. The summed E-state index contributed by atoms with van der Waals surface area (Å²) in [7, 11) is 0. The molecule has 0 aliphatic carbocycles. The van der Waals surface area contributed by atoms with Gasteiger partial charge in [-0.15, -0.1) is 0 Å². The highest BCUT2D eigenvalue weighted by atomic mass is 16.5. The number of nitrogens with zero attached hydrogens (tertiary/aromatic N) is 2. The molecule has 0 fully saturated rings. The zero-order chi connectivity index (χ0) is 17.8. The third-order valence-electron chi connectivity index (χ3n) is 4.12. The van der Waals surface area contributed by atoms with Crippen molar-refractivity contribution < 1.29 is 9.53 Å². The fourth-order valence-corrected chi connectivity index (χ4v) is 2.93. The third kappa shape index (κ3) is 3.31. The van der Waals surface area contributed by atoms with E-state index in [1.54, 1.807) is 29.7 Å². The molecule has 0 saturated heterocycles. The fraction of sp³-hybridized carbons (Fsp3) is 0.250. The molecule has 0 saturated carbocycles. The first-order valence-electron chi connectivity index (χ1n) is 8.39. The summed E-state index contributed by atoms with van der Waals surface area (Å²) in [6.07, 6.45) is 0.392. The van der Waals surface area contributed by atoms with Crippen LogP contribution < -0.4 is 5.56 Å². The van der Waals surface area contributed by atoms with E-state index in [-0.39, 0.29) is 11.5 Å². The topological polar surface area (TPSA) is 61.2 Å². The van der Waals surface area contributed by atoms with Gasteiger partial charge >= 0.3 is 5.97 Å². The summed E-state index contributed by atoms with van der Waals surface area (Å²) in [5, 5.41) is 0.603. The van der Waals surface area contributed by atoms with Crippen molar-refractivity contribution in [1.29, 1.82) is 0 Å². The van der Waals surface area contributed by atoms with Crippen molar-refractivity contribution in [2.45, 2.75) is 26.8 Å². The number of hydrogen-bond donors (Lipinski definition) is 0. The summed E-state index contributed by atoms with van der Waals surface area (Å²) in [5.74, 6) is 0.284. The summed E-state index contributed by atoms with van der Waals surface area (Å²) < 4.78 is 6.79. The number of ether oxygens (including phenoxy) is 1. The van der Waals surface area contributed by atoms with Crippen molar-refractivity contribution in [2.75, 3.05) is 6.61 Å². The van der Waals surface area contributed by atoms with Crippen LogP contribution in [0, 0.1) is 0 Å². The number of carbonyl (C=O) groups excluding carboxylic acids is 1. The Hall–Kier alpha value is -2.95. The van der Waals surface area contributed by atoms with Crippen LogP contribution in [0.15, 0.2) is 53.3 Å². The Morgan fingerprint density at radius 3 is 2.56 bits per heavy atom. The van der Waals surface area contributed by atoms with Gasteiger partial charge in [-0.2, -0.15) is 0 Å². The summed E-state index contributed by atoms with van der Waals surface area (Å²) in [6.45, 7) is 4.54. The van der Waals surface area contributed by atoms with Gasteiger partial charge in [-0.3, -0.25) is 9.36 Å². The van der Waals surface area contributed by atoms with Gasteiger partial charge in [0, 0.05) is 13.0 Å². The standard InChI is InChI=1S/C20H20N2O3/c1-3-22-18(21-17-12-8-7-11-16(17)19(22)23)13-14-9-5-6-10-15(14)20(24)25-4-2/h5-12H,3-4,13H2,1-2H3. The minimum atomic E-state index is -0.357. The molecule has 25 heavy (non-hydrogen) atoms. The first kappa shape index (κ1) is 16.9. The molecule has 1 aromatic heterocycles. The maximum Gasteiger partial charge on any atom is 0.338 e. The summed E-state index contributed by atoms with van der Waals surface area (Å²) >= 11 is 0. The molecule has 0 unspecified atom stereocenters. The fourth-order valence-electron chi connectivity index (χ4n) is 2.93. The Morgan fingerprint density at radius 2 is 1.80 bits per heavy atom. The molecular weight excluding hydrogens is 316 g/mol. The molecule has 0 atom stereocenters. The minimum absolute atomic E-state index is 0.0586. The van der Waals surface area contributed by atoms with E-state index in [1.807, 2.05) is 37.3 Å². The number of esters is 1. The first-order valence-corrected chi connectivity index (χ1v) is 8.39. The molecule has 1 heterocycles. The Morgan fingerprint density at radius 1 is 1.08 bits per heavy atom. The van der Waals surface area contributed by atoms with Gasteiger partial charge in [-0.05, 0) is 37.6 Å². The second-order valence-electron chi connectivity index (χ2n) is 5.65. The van der Waals surface area contributed by atoms with Crippen LogP contribution >= 0.6 is 0 Å². The molecule has 5 nitrogen and oxygen atoms in total. The van der Waals surface area contributed by atoms with Crippen LogP contribution in [0.1, 0.15) is 35.6 Å². The van der Waals surface area contributed by atoms with Crippen LogP contribution in [-0.4, -0.2) is 22.1 Å². The van der Waals surface area contributed by atoms with Gasteiger partial charge in [0.1, 0.15) is 5.82 Å². The molecule has 0 bridgehead atoms. The normalized spacial score (nSPS) is 10.8. The molecule has 0 amide bonds. The van der Waals surface area contributed by atoms with Gasteiger partial charge in [0.2, 0.25) is 0 Å². The summed E-state index contributed by atoms with van der Waals surface area (Å²) in [6, 6.07) is 14.6. The van der Waals surface area contributed by atoms with Crippen LogP contribution in [-0.2, 0) is 17.7 Å². The Balaban J connectivity index is 2.10. The molecule has 128 valence electrons. The molecule has 5 heteroatoms. The SMILES string of the molecule is CCOC(=O)c1ccccc1Cc1nc2ccccc2c(=O)n1CC. The van der Waals surface area contributed by atoms with Crippen LogP contribution in [0.4, 0.5) is 0 Å². The smallest absolute Gasteiger partial charge is 0.338 e. The molecule has 0 spiro atoms. The molecule has 0 radical (unpaired) electrons. The van der Waals surface area contributed by atoms with Gasteiger partial charge in [-0.1, -0.05) is 30.3 Å². The maximum absolute atomic E-state index is 12.7. The van der Waals surface area contributed by atoms with Gasteiger partial charge in [0.25, 0.3) is 5.56 Å². The van der Waals surface area contributed by atoms with Crippen LogP contribution in [0.25, 0.3) is 10.9 Å². The van der Waals surface area contributed by atoms with Crippen molar-refractivity contribution in [1.82, 2.24) is 9.55 Å². The lowest BCUT2D eigenvalue weighted by Gasteiger charge is -2.13. The number of para-hydroxylation sites is 1. The second kappa shape index (κ2) is 7.30. The Labute approximate surface area is 145 Å². The summed E-state index contributed by atoms with van der Waals surface area (Å²) in [5.41, 5.74) is 1.91. The van der Waals surface area contributed by atoms with Crippen molar-refractivity contribution in [2.24, 2.45) is 0 Å². The highest BCUT2D eigenvalue weighted by molar-refractivity contribution is 5.91. The van der Waals surface area contributed by atoms with E-state index < -0.39 is 0 Å². The van der Waals surface area contributed by atoms with E-state index >= 15 is 0 Å². The number of rotatable bonds is 5. The van der Waals surface area contributed by atoms with E-state index in [9.17, 15) is 9.59 Å². The highest BCUT2D eigenvalue weighted by Crippen LogP contribution is 2.16. The largest absolute Gasteiger partial charge is 0.462 e.